The van der Waals surface area contributed by atoms with Crippen molar-refractivity contribution < 1.29 is 22.7 Å². The Hall–Kier alpha value is -4.49. The monoisotopic (exact) mass is 620 g/mol. The Morgan fingerprint density at radius 1 is 1.11 bits per heavy atom. The number of rotatable bonds is 9. The lowest BCUT2D eigenvalue weighted by molar-refractivity contribution is -0.144. The fourth-order valence-corrected chi connectivity index (χ4v) is 5.93. The number of anilines is 2. The molecule has 5 heterocycles. The molecule has 236 valence electrons. The van der Waals surface area contributed by atoms with E-state index in [0.717, 1.165) is 60.5 Å². The molecule has 2 saturated heterocycles. The predicted molar refractivity (Wildman–Crippen MR) is 166 cm³/mol. The topological polar surface area (TPSA) is 111 Å². The van der Waals surface area contributed by atoms with E-state index in [1.165, 1.54) is 24.7 Å². The Morgan fingerprint density at radius 2 is 1.91 bits per heavy atom. The number of hydrogen-bond donors (Lipinski definition) is 3. The van der Waals surface area contributed by atoms with Gasteiger partial charge in [-0.25, -0.2) is 9.97 Å². The van der Waals surface area contributed by atoms with E-state index in [1.54, 1.807) is 30.3 Å². The van der Waals surface area contributed by atoms with E-state index in [1.807, 2.05) is 6.07 Å². The molecule has 0 aliphatic carbocycles. The van der Waals surface area contributed by atoms with E-state index in [4.69, 9.17) is 4.74 Å². The number of H-pyrrole nitrogens is 1. The summed E-state index contributed by atoms with van der Waals surface area (Å²) in [4.78, 5) is 32.3. The van der Waals surface area contributed by atoms with Crippen molar-refractivity contribution in [1.29, 1.82) is 0 Å². The van der Waals surface area contributed by atoms with Crippen LogP contribution in [-0.2, 0) is 16.1 Å². The Balaban J connectivity index is 1.16. The molecule has 10 nitrogen and oxygen atoms in total. The van der Waals surface area contributed by atoms with Crippen LogP contribution in [0.15, 0.2) is 67.6 Å². The van der Waals surface area contributed by atoms with Gasteiger partial charge in [0.15, 0.2) is 6.04 Å². The third-order valence-electron chi connectivity index (χ3n) is 8.13. The summed E-state index contributed by atoms with van der Waals surface area (Å²) in [6, 6.07) is 9.97. The number of hydrogen-bond acceptors (Lipinski definition) is 8. The zero-order valence-electron chi connectivity index (χ0n) is 24.7. The minimum atomic E-state index is -4.58. The van der Waals surface area contributed by atoms with Gasteiger partial charge in [0.1, 0.15) is 17.8 Å². The maximum absolute atomic E-state index is 14.4. The molecule has 2 aliphatic heterocycles. The summed E-state index contributed by atoms with van der Waals surface area (Å²) >= 11 is 0. The van der Waals surface area contributed by atoms with Crippen molar-refractivity contribution in [3.8, 4) is 11.3 Å². The van der Waals surface area contributed by atoms with Crippen molar-refractivity contribution in [3.05, 3.63) is 78.9 Å². The molecule has 45 heavy (non-hydrogen) atoms. The lowest BCUT2D eigenvalue weighted by atomic mass is 10.0. The molecular weight excluding hydrogens is 585 g/mol. The number of nitrogens with one attached hydrogen (secondary N) is 3. The SMILES string of the molecule is C=CC(=O)N[C@@H]1CCCN(Cc2ccnc(C(Nc3ccc(-c4cc5c(N6CCOCC6)ncnc5[nH]4)cc3)C(F)(F)F)c2)C1. The summed E-state index contributed by atoms with van der Waals surface area (Å²) in [5.41, 5.74) is 3.21. The second-order valence-electron chi connectivity index (χ2n) is 11.3. The van der Waals surface area contributed by atoms with Gasteiger partial charge in [-0.15, -0.1) is 0 Å². The van der Waals surface area contributed by atoms with E-state index in [0.29, 0.717) is 37.6 Å². The number of amides is 1. The van der Waals surface area contributed by atoms with Gasteiger partial charge in [-0.05, 0) is 66.9 Å². The van der Waals surface area contributed by atoms with Crippen molar-refractivity contribution in [2.24, 2.45) is 0 Å². The fourth-order valence-electron chi connectivity index (χ4n) is 5.93. The molecule has 4 aromatic rings. The van der Waals surface area contributed by atoms with Crippen LogP contribution in [0.3, 0.4) is 0 Å². The molecule has 0 saturated carbocycles. The molecule has 0 radical (unpaired) electrons. The highest BCUT2D eigenvalue weighted by atomic mass is 19.4. The third kappa shape index (κ3) is 7.26. The normalized spacial score (nSPS) is 18.5. The number of piperidine rings is 1. The number of ether oxygens (including phenoxy) is 1. The first-order chi connectivity index (χ1) is 21.8. The number of aromatic amines is 1. The van der Waals surface area contributed by atoms with E-state index < -0.39 is 12.2 Å². The molecule has 6 rings (SSSR count). The van der Waals surface area contributed by atoms with Crippen LogP contribution in [0.4, 0.5) is 24.7 Å². The number of alkyl halides is 3. The van der Waals surface area contributed by atoms with Gasteiger partial charge in [-0.1, -0.05) is 18.7 Å². The van der Waals surface area contributed by atoms with Crippen molar-refractivity contribution in [3.63, 3.8) is 0 Å². The molecule has 3 N–H and O–H groups in total. The largest absolute Gasteiger partial charge is 0.414 e. The molecule has 13 heteroatoms. The molecule has 0 spiro atoms. The molecule has 0 bridgehead atoms. The molecule has 2 fully saturated rings. The second-order valence-corrected chi connectivity index (χ2v) is 11.3. The van der Waals surface area contributed by atoms with Gasteiger partial charge in [0.05, 0.1) is 24.3 Å². The first kappa shape index (κ1) is 30.5. The summed E-state index contributed by atoms with van der Waals surface area (Å²) in [7, 11) is 0. The first-order valence-electron chi connectivity index (χ1n) is 15.0. The summed E-state index contributed by atoms with van der Waals surface area (Å²) in [6.07, 6.45) is 1.32. The number of benzene rings is 1. The van der Waals surface area contributed by atoms with Gasteiger partial charge in [-0.2, -0.15) is 13.2 Å². The Bertz CT molecular complexity index is 1640. The third-order valence-corrected chi connectivity index (χ3v) is 8.13. The number of morpholine rings is 1. The van der Waals surface area contributed by atoms with Gasteiger partial charge in [0.2, 0.25) is 5.91 Å². The van der Waals surface area contributed by atoms with Gasteiger partial charge in [0.25, 0.3) is 0 Å². The predicted octanol–water partition coefficient (Wildman–Crippen LogP) is 4.84. The van der Waals surface area contributed by atoms with Crippen LogP contribution >= 0.6 is 0 Å². The quantitative estimate of drug-likeness (QED) is 0.228. The van der Waals surface area contributed by atoms with Crippen LogP contribution in [0.2, 0.25) is 0 Å². The molecular formula is C32H35F3N8O2. The second kappa shape index (κ2) is 13.2. The Kier molecular flexibility index (Phi) is 8.99. The minimum absolute atomic E-state index is 0.0257. The molecule has 3 aromatic heterocycles. The number of halogens is 3. The number of carbonyl (C=O) groups is 1. The number of fused-ring (bicyclic) bond motifs is 1. The van der Waals surface area contributed by atoms with Crippen LogP contribution < -0.4 is 15.5 Å². The molecule has 2 aliphatic rings. The van der Waals surface area contributed by atoms with Crippen LogP contribution in [0.1, 0.15) is 30.1 Å². The number of nitrogens with zero attached hydrogens (tertiary/aromatic N) is 5. The highest BCUT2D eigenvalue weighted by molar-refractivity contribution is 5.92. The first-order valence-corrected chi connectivity index (χ1v) is 15.0. The minimum Gasteiger partial charge on any atom is -0.378 e. The smallest absolute Gasteiger partial charge is 0.378 e. The van der Waals surface area contributed by atoms with E-state index >= 15 is 0 Å². The Labute approximate surface area is 258 Å². The van der Waals surface area contributed by atoms with E-state index in [-0.39, 0.29) is 17.6 Å². The Morgan fingerprint density at radius 3 is 2.67 bits per heavy atom. The van der Waals surface area contributed by atoms with Crippen LogP contribution in [-0.4, -0.2) is 82.4 Å². The van der Waals surface area contributed by atoms with Gasteiger partial charge >= 0.3 is 6.18 Å². The lowest BCUT2D eigenvalue weighted by Gasteiger charge is -2.33. The highest BCUT2D eigenvalue weighted by Gasteiger charge is 2.42. The average molecular weight is 621 g/mol. The van der Waals surface area contributed by atoms with Crippen LogP contribution in [0.5, 0.6) is 0 Å². The summed E-state index contributed by atoms with van der Waals surface area (Å²) < 4.78 is 48.5. The van der Waals surface area contributed by atoms with Crippen LogP contribution in [0, 0.1) is 0 Å². The van der Waals surface area contributed by atoms with Gasteiger partial charge < -0.3 is 25.3 Å². The summed E-state index contributed by atoms with van der Waals surface area (Å²) in [6.45, 7) is 8.09. The lowest BCUT2D eigenvalue weighted by Crippen LogP contribution is -2.46. The van der Waals surface area contributed by atoms with Gasteiger partial charge in [0, 0.05) is 49.8 Å². The van der Waals surface area contributed by atoms with Crippen molar-refractivity contribution in [2.75, 3.05) is 49.6 Å². The van der Waals surface area contributed by atoms with Crippen LogP contribution in [0.25, 0.3) is 22.3 Å². The maximum Gasteiger partial charge on any atom is 0.414 e. The highest BCUT2D eigenvalue weighted by Crippen LogP contribution is 2.36. The molecule has 1 amide bonds. The van der Waals surface area contributed by atoms with Crippen molar-refractivity contribution >= 4 is 28.4 Å². The molecule has 2 atom stereocenters. The van der Waals surface area contributed by atoms with E-state index in [2.05, 4.69) is 46.9 Å². The van der Waals surface area contributed by atoms with Gasteiger partial charge in [-0.3, -0.25) is 14.7 Å². The zero-order chi connectivity index (χ0) is 31.4. The fraction of sp³-hybridized carbons (Fsp3) is 0.375. The number of likely N-dealkylation sites (tertiary alicyclic amines) is 1. The summed E-state index contributed by atoms with van der Waals surface area (Å²) in [5.74, 6) is 0.597. The molecule has 1 unspecified atom stereocenters. The van der Waals surface area contributed by atoms with E-state index in [9.17, 15) is 18.0 Å². The standard InChI is InChI=1S/C32H35F3N8O2/c1-2-28(44)39-24-4-3-11-42(19-24)18-21-9-10-36-27(16-21)29(32(33,34)35)40-23-7-5-22(6-8-23)26-17-25-30(41-26)37-20-38-31(25)43-12-14-45-15-13-43/h2,5-10,16-17,20,24,29,40H,1,3-4,11-15,18-19H2,(H,39,44)(H,37,38,41)/t24-,29?/m1/s1. The zero-order valence-corrected chi connectivity index (χ0v) is 24.7. The van der Waals surface area contributed by atoms with Crippen molar-refractivity contribution in [2.45, 2.75) is 37.6 Å². The average Bonchev–Trinajstić information content (AvgIpc) is 3.49. The van der Waals surface area contributed by atoms with Crippen molar-refractivity contribution in [1.82, 2.24) is 30.2 Å². The molecule has 1 aromatic carbocycles. The number of pyridine rings is 1. The number of aromatic nitrogens is 4. The number of carbonyl (C=O) groups excluding carboxylic acids is 1. The summed E-state index contributed by atoms with van der Waals surface area (Å²) in [5, 5.41) is 6.44. The maximum atomic E-state index is 14.4.